The van der Waals surface area contributed by atoms with E-state index >= 15 is 0 Å². The van der Waals surface area contributed by atoms with Crippen molar-refractivity contribution in [1.29, 1.82) is 0 Å². The molecule has 1 atom stereocenters. The van der Waals surface area contributed by atoms with E-state index in [0.29, 0.717) is 12.1 Å². The summed E-state index contributed by atoms with van der Waals surface area (Å²) in [6, 6.07) is 0. The third kappa shape index (κ3) is 2.11. The summed E-state index contributed by atoms with van der Waals surface area (Å²) >= 11 is 0. The second-order valence-electron chi connectivity index (χ2n) is 3.09. The van der Waals surface area contributed by atoms with Crippen LogP contribution >= 0.6 is 0 Å². The second-order valence-corrected chi connectivity index (χ2v) is 3.09. The summed E-state index contributed by atoms with van der Waals surface area (Å²) in [4.78, 5) is 13.9. The second kappa shape index (κ2) is 4.23. The van der Waals surface area contributed by atoms with E-state index in [2.05, 4.69) is 4.98 Å². The predicted octanol–water partition coefficient (Wildman–Crippen LogP) is -0.488. The minimum atomic E-state index is -0.568. The van der Waals surface area contributed by atoms with Crippen molar-refractivity contribution in [3.8, 4) is 0 Å². The molecule has 14 heavy (non-hydrogen) atoms. The molecule has 0 saturated heterocycles. The van der Waals surface area contributed by atoms with Crippen LogP contribution in [0.4, 0.5) is 5.82 Å². The van der Waals surface area contributed by atoms with Crippen LogP contribution in [0.3, 0.4) is 0 Å². The van der Waals surface area contributed by atoms with Gasteiger partial charge in [-0.1, -0.05) is 6.32 Å². The summed E-state index contributed by atoms with van der Waals surface area (Å²) in [7, 11) is 1.82. The maximum Gasteiger partial charge on any atom is 0.342 e. The normalized spacial score (nSPS) is 12.7. The molecule has 1 heterocycles. The number of aliphatic hydroxyl groups is 1. The van der Waals surface area contributed by atoms with Gasteiger partial charge in [0.25, 0.3) is 0 Å². The molecule has 0 fully saturated rings. The minimum Gasteiger partial charge on any atom is -0.390 e. The van der Waals surface area contributed by atoms with Gasteiger partial charge in [0.1, 0.15) is 20.6 Å². The number of aryl methyl sites for hydroxylation is 1. The Morgan fingerprint density at radius 3 is 3.00 bits per heavy atom. The summed E-state index contributed by atoms with van der Waals surface area (Å²) in [5.74, 6) is 0.471. The molecule has 0 aliphatic heterocycles. The topological polar surface area (TPSA) is 81.2 Å². The van der Waals surface area contributed by atoms with Crippen molar-refractivity contribution < 1.29 is 10.0 Å². The highest BCUT2D eigenvalue weighted by Gasteiger charge is 2.19. The smallest absolute Gasteiger partial charge is 0.342 e. The average molecular weight is 197 g/mol. The largest absolute Gasteiger partial charge is 0.390 e. The van der Waals surface area contributed by atoms with E-state index in [0.717, 1.165) is 0 Å². The van der Waals surface area contributed by atoms with Gasteiger partial charge < -0.3 is 15.2 Å². The fourth-order valence-corrected chi connectivity index (χ4v) is 1.17. The highest BCUT2D eigenvalue weighted by atomic mass is 16.6. The van der Waals surface area contributed by atoms with E-state index in [4.69, 9.17) is 0 Å². The van der Waals surface area contributed by atoms with E-state index in [1.807, 2.05) is 7.85 Å². The lowest BCUT2D eigenvalue weighted by Crippen LogP contribution is -2.17. The van der Waals surface area contributed by atoms with E-state index in [1.165, 1.54) is 10.8 Å². The molecule has 0 radical (unpaired) electrons. The van der Waals surface area contributed by atoms with Crippen molar-refractivity contribution in [2.75, 3.05) is 0 Å². The lowest BCUT2D eigenvalue weighted by Gasteiger charge is -2.07. The molecule has 1 rings (SSSR count). The first-order chi connectivity index (χ1) is 6.56. The molecule has 0 amide bonds. The van der Waals surface area contributed by atoms with Gasteiger partial charge in [0, 0.05) is 6.92 Å². The molecule has 0 aliphatic carbocycles. The molecular formula is C7H12BN3O3. The molecule has 0 bridgehead atoms. The SMILES string of the molecule is BCC(O)Cn1c([N+](=O)[O-])cnc1C. The zero-order valence-corrected chi connectivity index (χ0v) is 8.17. The number of aliphatic hydroxyl groups excluding tert-OH is 1. The number of hydrogen-bond acceptors (Lipinski definition) is 4. The van der Waals surface area contributed by atoms with Crippen LogP contribution in [0.2, 0.25) is 6.32 Å². The Morgan fingerprint density at radius 2 is 2.50 bits per heavy atom. The molecule has 1 aromatic heterocycles. The number of aromatic nitrogens is 2. The van der Waals surface area contributed by atoms with Crippen LogP contribution in [0.1, 0.15) is 5.82 Å². The Balaban J connectivity index is 2.93. The van der Waals surface area contributed by atoms with Gasteiger partial charge in [-0.25, -0.2) is 9.55 Å². The third-order valence-corrected chi connectivity index (χ3v) is 2.09. The monoisotopic (exact) mass is 197 g/mol. The molecule has 0 spiro atoms. The van der Waals surface area contributed by atoms with E-state index in [-0.39, 0.29) is 12.4 Å². The molecule has 1 unspecified atom stereocenters. The van der Waals surface area contributed by atoms with Gasteiger partial charge in [0.05, 0.1) is 6.10 Å². The number of imidazole rings is 1. The van der Waals surface area contributed by atoms with Gasteiger partial charge in [-0.15, -0.1) is 0 Å². The highest BCUT2D eigenvalue weighted by molar-refractivity contribution is 6.08. The summed E-state index contributed by atoms with van der Waals surface area (Å²) in [6.45, 7) is 1.90. The fraction of sp³-hybridized carbons (Fsp3) is 0.571. The standard InChI is InChI=1S/C7H12BN3O3/c1-5-9-3-7(11(13)14)10(5)4-6(12)2-8/h3,6,12H,2,4,8H2,1H3. The van der Waals surface area contributed by atoms with Crippen molar-refractivity contribution in [3.63, 3.8) is 0 Å². The van der Waals surface area contributed by atoms with Crippen LogP contribution in [0.5, 0.6) is 0 Å². The van der Waals surface area contributed by atoms with Gasteiger partial charge in [0.15, 0.2) is 5.82 Å². The number of hydrogen-bond donors (Lipinski definition) is 1. The first kappa shape index (κ1) is 10.7. The number of rotatable bonds is 4. The first-order valence-corrected chi connectivity index (χ1v) is 4.40. The summed E-state index contributed by atoms with van der Waals surface area (Å²) in [6.07, 6.45) is 1.20. The molecule has 76 valence electrons. The molecule has 7 heteroatoms. The van der Waals surface area contributed by atoms with Crippen molar-refractivity contribution in [2.24, 2.45) is 0 Å². The van der Waals surface area contributed by atoms with Crippen LogP contribution in [0, 0.1) is 17.0 Å². The first-order valence-electron chi connectivity index (χ1n) is 4.40. The Kier molecular flexibility index (Phi) is 3.24. The molecule has 0 aliphatic rings. The Morgan fingerprint density at radius 1 is 1.86 bits per heavy atom. The van der Waals surface area contributed by atoms with Crippen LogP contribution in [-0.4, -0.2) is 33.5 Å². The van der Waals surface area contributed by atoms with E-state index in [1.54, 1.807) is 6.92 Å². The van der Waals surface area contributed by atoms with Crippen molar-refractivity contribution in [1.82, 2.24) is 9.55 Å². The van der Waals surface area contributed by atoms with Crippen LogP contribution < -0.4 is 0 Å². The lowest BCUT2D eigenvalue weighted by molar-refractivity contribution is -0.392. The highest BCUT2D eigenvalue weighted by Crippen LogP contribution is 2.14. The van der Waals surface area contributed by atoms with Crippen LogP contribution in [0.15, 0.2) is 6.20 Å². The van der Waals surface area contributed by atoms with Crippen molar-refractivity contribution in [2.45, 2.75) is 25.9 Å². The molecule has 1 aromatic rings. The minimum absolute atomic E-state index is 0.0741. The molecule has 0 aromatic carbocycles. The maximum absolute atomic E-state index is 10.6. The third-order valence-electron chi connectivity index (χ3n) is 2.09. The van der Waals surface area contributed by atoms with Gasteiger partial charge >= 0.3 is 5.82 Å². The molecular weight excluding hydrogens is 185 g/mol. The zero-order chi connectivity index (χ0) is 10.7. The van der Waals surface area contributed by atoms with Crippen molar-refractivity contribution in [3.05, 3.63) is 22.1 Å². The summed E-state index contributed by atoms with van der Waals surface area (Å²) in [5, 5.41) is 20.0. The van der Waals surface area contributed by atoms with Crippen LogP contribution in [-0.2, 0) is 6.54 Å². The fourth-order valence-electron chi connectivity index (χ4n) is 1.17. The number of nitro groups is 1. The summed E-state index contributed by atoms with van der Waals surface area (Å²) < 4.78 is 1.41. The Labute approximate surface area is 82.1 Å². The maximum atomic E-state index is 10.6. The summed E-state index contributed by atoms with van der Waals surface area (Å²) in [5.41, 5.74) is 0. The van der Waals surface area contributed by atoms with Gasteiger partial charge in [-0.2, -0.15) is 0 Å². The van der Waals surface area contributed by atoms with E-state index in [9.17, 15) is 15.2 Å². The number of nitrogens with zero attached hydrogens (tertiary/aromatic N) is 3. The molecule has 0 saturated carbocycles. The molecule has 1 N–H and O–H groups in total. The van der Waals surface area contributed by atoms with Gasteiger partial charge in [-0.05, 0) is 4.92 Å². The van der Waals surface area contributed by atoms with Gasteiger partial charge in [0.2, 0.25) is 0 Å². The zero-order valence-electron chi connectivity index (χ0n) is 8.17. The Hall–Kier alpha value is -1.37. The predicted molar refractivity (Wildman–Crippen MR) is 53.0 cm³/mol. The quantitative estimate of drug-likeness (QED) is 0.401. The van der Waals surface area contributed by atoms with Crippen LogP contribution in [0.25, 0.3) is 0 Å². The Bertz CT molecular complexity index is 339. The van der Waals surface area contributed by atoms with Gasteiger partial charge in [-0.3, -0.25) is 0 Å². The average Bonchev–Trinajstić information content (AvgIpc) is 2.48. The lowest BCUT2D eigenvalue weighted by atomic mass is 9.99. The van der Waals surface area contributed by atoms with E-state index < -0.39 is 11.0 Å². The molecule has 6 nitrogen and oxygen atoms in total. The van der Waals surface area contributed by atoms with Crippen molar-refractivity contribution >= 4 is 13.7 Å².